The summed E-state index contributed by atoms with van der Waals surface area (Å²) < 4.78 is 11.7. The maximum Gasteiger partial charge on any atom is 0.271 e. The highest BCUT2D eigenvalue weighted by atomic mass is 79.9. The summed E-state index contributed by atoms with van der Waals surface area (Å²) in [6.07, 6.45) is 0. The van der Waals surface area contributed by atoms with Gasteiger partial charge in [-0.15, -0.1) is 0 Å². The number of para-hydroxylation sites is 1. The number of benzene rings is 2. The van der Waals surface area contributed by atoms with Crippen molar-refractivity contribution in [2.75, 3.05) is 31.6 Å². The van der Waals surface area contributed by atoms with Gasteiger partial charge in [-0.05, 0) is 41.1 Å². The molecule has 2 heterocycles. The van der Waals surface area contributed by atoms with Gasteiger partial charge in [0, 0.05) is 29.2 Å². The fourth-order valence-electron chi connectivity index (χ4n) is 3.24. The first kappa shape index (κ1) is 19.3. The van der Waals surface area contributed by atoms with E-state index in [2.05, 4.69) is 26.2 Å². The van der Waals surface area contributed by atoms with Crippen LogP contribution in [0.5, 0.6) is 11.5 Å². The first-order valence-corrected chi connectivity index (χ1v) is 10.1. The average molecular weight is 458 g/mol. The minimum absolute atomic E-state index is 0.0639. The molecule has 8 heteroatoms. The molecule has 0 fully saturated rings. The molecule has 4 rings (SSSR count). The van der Waals surface area contributed by atoms with Crippen molar-refractivity contribution < 1.29 is 19.1 Å². The number of nitrogens with zero attached hydrogens (tertiary/aromatic N) is 1. The predicted molar refractivity (Wildman–Crippen MR) is 114 cm³/mol. The number of fused-ring (bicyclic) bond motifs is 2. The first-order chi connectivity index (χ1) is 14.1. The average Bonchev–Trinajstić information content (AvgIpc) is 3.08. The smallest absolute Gasteiger partial charge is 0.271 e. The lowest BCUT2D eigenvalue weighted by Crippen LogP contribution is -2.38. The zero-order chi connectivity index (χ0) is 20.4. The minimum Gasteiger partial charge on any atom is -0.486 e. The Morgan fingerprint density at radius 3 is 2.66 bits per heavy atom. The number of aromatic nitrogens is 1. The highest BCUT2D eigenvalue weighted by molar-refractivity contribution is 9.10. The number of aromatic amines is 1. The zero-order valence-corrected chi connectivity index (χ0v) is 17.4. The lowest BCUT2D eigenvalue weighted by Gasteiger charge is -2.21. The van der Waals surface area contributed by atoms with Crippen molar-refractivity contribution in [1.82, 2.24) is 9.88 Å². The Kier molecular flexibility index (Phi) is 5.44. The van der Waals surface area contributed by atoms with Crippen LogP contribution < -0.4 is 14.8 Å². The number of nitrogens with one attached hydrogen (secondary N) is 2. The minimum atomic E-state index is -0.288. The number of halogens is 1. The number of carbonyl (C=O) groups excluding carboxylic acids is 2. The number of ether oxygens (including phenoxy) is 2. The van der Waals surface area contributed by atoms with E-state index >= 15 is 0 Å². The molecule has 0 saturated carbocycles. The lowest BCUT2D eigenvalue weighted by molar-refractivity contribution is -0.116. The third-order valence-corrected chi connectivity index (χ3v) is 5.51. The molecule has 1 aliphatic heterocycles. The Hall–Kier alpha value is -3.00. The Morgan fingerprint density at radius 1 is 1.14 bits per heavy atom. The maximum atomic E-state index is 13.0. The SMILES string of the molecule is CCN(CC(=O)Nc1ccc2c(c1)OCCO2)C(=O)c1[nH]c2ccccc2c1Br. The third kappa shape index (κ3) is 3.93. The van der Waals surface area contributed by atoms with E-state index in [-0.39, 0.29) is 18.4 Å². The molecule has 2 amide bonds. The molecule has 29 heavy (non-hydrogen) atoms. The second-order valence-corrected chi connectivity index (χ2v) is 7.38. The Labute approximate surface area is 176 Å². The molecule has 1 aliphatic rings. The molecule has 0 atom stereocenters. The number of anilines is 1. The van der Waals surface area contributed by atoms with E-state index in [1.165, 1.54) is 4.90 Å². The summed E-state index contributed by atoms with van der Waals surface area (Å²) in [5.41, 5.74) is 1.88. The summed E-state index contributed by atoms with van der Waals surface area (Å²) in [6.45, 7) is 3.16. The monoisotopic (exact) mass is 457 g/mol. The van der Waals surface area contributed by atoms with E-state index in [1.807, 2.05) is 31.2 Å². The van der Waals surface area contributed by atoms with E-state index in [0.29, 0.717) is 47.1 Å². The van der Waals surface area contributed by atoms with Gasteiger partial charge in [-0.25, -0.2) is 0 Å². The van der Waals surface area contributed by atoms with Crippen LogP contribution in [0.25, 0.3) is 10.9 Å². The van der Waals surface area contributed by atoms with E-state index in [1.54, 1.807) is 18.2 Å². The number of H-pyrrole nitrogens is 1. The molecule has 3 aromatic rings. The number of rotatable bonds is 5. The van der Waals surface area contributed by atoms with Gasteiger partial charge in [0.1, 0.15) is 25.5 Å². The van der Waals surface area contributed by atoms with Crippen LogP contribution >= 0.6 is 15.9 Å². The number of likely N-dealkylation sites (N-methyl/N-ethyl adjacent to an activating group) is 1. The van der Waals surface area contributed by atoms with Crippen molar-refractivity contribution in [3.05, 3.63) is 52.6 Å². The maximum absolute atomic E-state index is 13.0. The molecule has 0 aliphatic carbocycles. The molecule has 0 radical (unpaired) electrons. The fraction of sp³-hybridized carbons (Fsp3) is 0.238. The van der Waals surface area contributed by atoms with Gasteiger partial charge in [-0.1, -0.05) is 18.2 Å². The van der Waals surface area contributed by atoms with Crippen LogP contribution in [0.2, 0.25) is 0 Å². The largest absolute Gasteiger partial charge is 0.486 e. The third-order valence-electron chi connectivity index (χ3n) is 4.69. The molecule has 2 aromatic carbocycles. The van der Waals surface area contributed by atoms with Crippen molar-refractivity contribution in [3.63, 3.8) is 0 Å². The summed E-state index contributed by atoms with van der Waals surface area (Å²) in [5, 5.41) is 3.74. The van der Waals surface area contributed by atoms with Gasteiger partial charge in [0.25, 0.3) is 5.91 Å². The van der Waals surface area contributed by atoms with Gasteiger partial charge in [-0.3, -0.25) is 9.59 Å². The van der Waals surface area contributed by atoms with Crippen molar-refractivity contribution >= 4 is 44.3 Å². The van der Waals surface area contributed by atoms with E-state index in [0.717, 1.165) is 10.9 Å². The van der Waals surface area contributed by atoms with Gasteiger partial charge in [0.05, 0.1) is 4.47 Å². The molecule has 0 bridgehead atoms. The molecular weight excluding hydrogens is 438 g/mol. The summed E-state index contributed by atoms with van der Waals surface area (Å²) in [4.78, 5) is 30.2. The van der Waals surface area contributed by atoms with Crippen LogP contribution in [0.3, 0.4) is 0 Å². The van der Waals surface area contributed by atoms with Gasteiger partial charge in [-0.2, -0.15) is 0 Å². The van der Waals surface area contributed by atoms with E-state index in [4.69, 9.17) is 9.47 Å². The molecule has 1 aromatic heterocycles. The molecule has 0 unspecified atom stereocenters. The molecule has 150 valence electrons. The van der Waals surface area contributed by atoms with Crippen molar-refractivity contribution in [1.29, 1.82) is 0 Å². The van der Waals surface area contributed by atoms with Crippen LogP contribution in [0, 0.1) is 0 Å². The normalized spacial score (nSPS) is 12.6. The van der Waals surface area contributed by atoms with Gasteiger partial charge < -0.3 is 24.7 Å². The van der Waals surface area contributed by atoms with Gasteiger partial charge in [0.2, 0.25) is 5.91 Å². The van der Waals surface area contributed by atoms with Crippen LogP contribution in [0.1, 0.15) is 17.4 Å². The van der Waals surface area contributed by atoms with Crippen molar-refractivity contribution in [2.24, 2.45) is 0 Å². The van der Waals surface area contributed by atoms with Crippen LogP contribution in [-0.4, -0.2) is 48.0 Å². The molecule has 0 spiro atoms. The van der Waals surface area contributed by atoms with Crippen LogP contribution in [0.15, 0.2) is 46.9 Å². The van der Waals surface area contributed by atoms with Gasteiger partial charge >= 0.3 is 0 Å². The Balaban J connectivity index is 1.47. The van der Waals surface area contributed by atoms with E-state index < -0.39 is 0 Å². The Morgan fingerprint density at radius 2 is 1.90 bits per heavy atom. The summed E-state index contributed by atoms with van der Waals surface area (Å²) >= 11 is 3.50. The van der Waals surface area contributed by atoms with Crippen LogP contribution in [0.4, 0.5) is 5.69 Å². The highest BCUT2D eigenvalue weighted by Gasteiger charge is 2.23. The standard InChI is InChI=1S/C21H20BrN3O4/c1-2-25(21(27)20-19(22)14-5-3-4-6-15(14)24-20)12-18(26)23-13-7-8-16-17(11-13)29-10-9-28-16/h3-8,11,24H,2,9-10,12H2,1H3,(H,23,26). The molecular formula is C21H20BrN3O4. The molecule has 0 saturated heterocycles. The number of hydrogen-bond acceptors (Lipinski definition) is 4. The topological polar surface area (TPSA) is 83.7 Å². The fourth-order valence-corrected chi connectivity index (χ4v) is 3.85. The van der Waals surface area contributed by atoms with Crippen molar-refractivity contribution in [3.8, 4) is 11.5 Å². The highest BCUT2D eigenvalue weighted by Crippen LogP contribution is 2.32. The number of hydrogen-bond donors (Lipinski definition) is 2. The van der Waals surface area contributed by atoms with Crippen LogP contribution in [-0.2, 0) is 4.79 Å². The summed E-state index contributed by atoms with van der Waals surface area (Å²) in [6, 6.07) is 12.9. The lowest BCUT2D eigenvalue weighted by atomic mass is 10.2. The zero-order valence-electron chi connectivity index (χ0n) is 15.8. The first-order valence-electron chi connectivity index (χ1n) is 9.31. The summed E-state index contributed by atoms with van der Waals surface area (Å²) in [5.74, 6) is 0.722. The second kappa shape index (κ2) is 8.16. The number of carbonyl (C=O) groups is 2. The molecule has 7 nitrogen and oxygen atoms in total. The Bertz CT molecular complexity index is 1080. The van der Waals surface area contributed by atoms with Gasteiger partial charge in [0.15, 0.2) is 11.5 Å². The quantitative estimate of drug-likeness (QED) is 0.610. The van der Waals surface area contributed by atoms with E-state index in [9.17, 15) is 9.59 Å². The summed E-state index contributed by atoms with van der Waals surface area (Å²) in [7, 11) is 0. The van der Waals surface area contributed by atoms with Crippen molar-refractivity contribution in [2.45, 2.75) is 6.92 Å². The second-order valence-electron chi connectivity index (χ2n) is 6.59. The number of amides is 2. The molecule has 2 N–H and O–H groups in total. The predicted octanol–water partition coefficient (Wildman–Crippen LogP) is 3.80.